The molecule has 0 aliphatic carbocycles. The zero-order chi connectivity index (χ0) is 11.4. The summed E-state index contributed by atoms with van der Waals surface area (Å²) in [5.41, 5.74) is 0.555. The molecule has 0 saturated carbocycles. The lowest BCUT2D eigenvalue weighted by molar-refractivity contribution is 0.0974. The third kappa shape index (κ3) is 2.75. The van der Waals surface area contributed by atoms with Gasteiger partial charge in [-0.25, -0.2) is 8.78 Å². The first-order valence-electron chi connectivity index (χ1n) is 4.60. The Labute approximate surface area is 92.1 Å². The third-order valence-electron chi connectivity index (χ3n) is 2.13. The predicted molar refractivity (Wildman–Crippen MR) is 55.6 cm³/mol. The minimum Gasteiger partial charge on any atom is -0.294 e. The fourth-order valence-electron chi connectivity index (χ4n) is 1.31. The molecule has 0 radical (unpaired) electrons. The highest BCUT2D eigenvalue weighted by molar-refractivity contribution is 6.17. The fraction of sp³-hybridized carbons (Fsp3) is 0.364. The Balaban J connectivity index is 3.22. The number of ketones is 1. The molecule has 4 heteroatoms. The molecule has 0 aliphatic rings. The van der Waals surface area contributed by atoms with Crippen LogP contribution >= 0.6 is 11.6 Å². The molecule has 82 valence electrons. The first-order chi connectivity index (χ1) is 7.10. The maximum Gasteiger partial charge on any atom is 0.264 e. The highest BCUT2D eigenvalue weighted by Gasteiger charge is 2.17. The van der Waals surface area contributed by atoms with Crippen LogP contribution in [0.2, 0.25) is 0 Å². The third-order valence-corrected chi connectivity index (χ3v) is 2.44. The van der Waals surface area contributed by atoms with Crippen molar-refractivity contribution in [2.75, 3.05) is 0 Å². The number of rotatable bonds is 4. The summed E-state index contributed by atoms with van der Waals surface area (Å²) in [6.07, 6.45) is -2.41. The first kappa shape index (κ1) is 12.1. The lowest BCUT2D eigenvalue weighted by Crippen LogP contribution is -2.03. The molecular formula is C11H11ClF2O. The van der Waals surface area contributed by atoms with Crippen LogP contribution in [0.15, 0.2) is 18.2 Å². The van der Waals surface area contributed by atoms with E-state index in [1.165, 1.54) is 18.2 Å². The van der Waals surface area contributed by atoms with E-state index in [0.29, 0.717) is 5.56 Å². The van der Waals surface area contributed by atoms with E-state index >= 15 is 0 Å². The van der Waals surface area contributed by atoms with E-state index in [-0.39, 0.29) is 29.2 Å². The second kappa shape index (κ2) is 5.21. The van der Waals surface area contributed by atoms with Crippen LogP contribution in [0.3, 0.4) is 0 Å². The van der Waals surface area contributed by atoms with Gasteiger partial charge in [0, 0.05) is 23.4 Å². The van der Waals surface area contributed by atoms with Crippen LogP contribution in [0, 0.1) is 0 Å². The second-order valence-electron chi connectivity index (χ2n) is 3.13. The molecule has 1 nitrogen and oxygen atoms in total. The Morgan fingerprint density at radius 3 is 2.60 bits per heavy atom. The zero-order valence-corrected chi connectivity index (χ0v) is 9.02. The molecule has 0 amide bonds. The Morgan fingerprint density at radius 2 is 2.13 bits per heavy atom. The number of hydrogen-bond acceptors (Lipinski definition) is 1. The summed E-state index contributed by atoms with van der Waals surface area (Å²) >= 11 is 5.58. The molecule has 1 aromatic carbocycles. The quantitative estimate of drug-likeness (QED) is 0.567. The first-order valence-corrected chi connectivity index (χ1v) is 5.13. The zero-order valence-electron chi connectivity index (χ0n) is 8.27. The Hall–Kier alpha value is -0.960. The Kier molecular flexibility index (Phi) is 4.21. The summed E-state index contributed by atoms with van der Waals surface area (Å²) in [5, 5.41) is 0. The van der Waals surface area contributed by atoms with Gasteiger partial charge in [0.05, 0.1) is 0 Å². The average Bonchev–Trinajstić information content (AvgIpc) is 2.26. The molecule has 0 unspecified atom stereocenters. The van der Waals surface area contributed by atoms with Crippen LogP contribution in [0.25, 0.3) is 0 Å². The van der Waals surface area contributed by atoms with Gasteiger partial charge in [-0.05, 0) is 11.6 Å². The molecule has 0 N–H and O–H groups in total. The van der Waals surface area contributed by atoms with E-state index < -0.39 is 6.43 Å². The molecule has 0 saturated heterocycles. The van der Waals surface area contributed by atoms with Gasteiger partial charge in [-0.1, -0.05) is 19.1 Å². The Bertz CT molecular complexity index is 364. The van der Waals surface area contributed by atoms with Crippen LogP contribution in [0.4, 0.5) is 8.78 Å². The van der Waals surface area contributed by atoms with Crippen LogP contribution in [-0.4, -0.2) is 5.78 Å². The molecule has 0 aliphatic heterocycles. The van der Waals surface area contributed by atoms with Crippen molar-refractivity contribution in [2.45, 2.75) is 25.7 Å². The summed E-state index contributed by atoms with van der Waals surface area (Å²) in [4.78, 5) is 11.4. The number of carbonyl (C=O) groups excluding carboxylic acids is 1. The van der Waals surface area contributed by atoms with Gasteiger partial charge < -0.3 is 0 Å². The number of alkyl halides is 3. The van der Waals surface area contributed by atoms with E-state index in [9.17, 15) is 13.6 Å². The summed E-state index contributed by atoms with van der Waals surface area (Å²) in [7, 11) is 0. The molecule has 0 aromatic heterocycles. The lowest BCUT2D eigenvalue weighted by Gasteiger charge is -2.08. The van der Waals surface area contributed by atoms with Crippen molar-refractivity contribution in [3.63, 3.8) is 0 Å². The van der Waals surface area contributed by atoms with Crippen molar-refractivity contribution in [3.05, 3.63) is 34.9 Å². The molecular weight excluding hydrogens is 222 g/mol. The second-order valence-corrected chi connectivity index (χ2v) is 3.40. The van der Waals surface area contributed by atoms with Crippen molar-refractivity contribution < 1.29 is 13.6 Å². The van der Waals surface area contributed by atoms with Gasteiger partial charge in [-0.2, -0.15) is 0 Å². The molecule has 0 bridgehead atoms. The van der Waals surface area contributed by atoms with Gasteiger partial charge in [0.1, 0.15) is 0 Å². The molecule has 0 spiro atoms. The monoisotopic (exact) mass is 232 g/mol. The average molecular weight is 233 g/mol. The van der Waals surface area contributed by atoms with Crippen LogP contribution in [0.1, 0.15) is 41.3 Å². The summed E-state index contributed by atoms with van der Waals surface area (Å²) in [6.45, 7) is 1.64. The van der Waals surface area contributed by atoms with Crippen molar-refractivity contribution in [1.29, 1.82) is 0 Å². The largest absolute Gasteiger partial charge is 0.294 e. The smallest absolute Gasteiger partial charge is 0.264 e. The Morgan fingerprint density at radius 1 is 1.47 bits per heavy atom. The van der Waals surface area contributed by atoms with Crippen molar-refractivity contribution >= 4 is 17.4 Å². The summed E-state index contributed by atoms with van der Waals surface area (Å²) in [5.74, 6) is -0.0645. The topological polar surface area (TPSA) is 17.1 Å². The minimum atomic E-state index is -2.63. The normalized spacial score (nSPS) is 10.7. The predicted octanol–water partition coefficient (Wildman–Crippen LogP) is 3.96. The lowest BCUT2D eigenvalue weighted by atomic mass is 10.00. The van der Waals surface area contributed by atoms with Crippen molar-refractivity contribution in [2.24, 2.45) is 0 Å². The van der Waals surface area contributed by atoms with E-state index in [4.69, 9.17) is 11.6 Å². The van der Waals surface area contributed by atoms with E-state index in [1.807, 2.05) is 0 Å². The molecule has 0 atom stereocenters. The van der Waals surface area contributed by atoms with Gasteiger partial charge in [-0.3, -0.25) is 4.79 Å². The van der Waals surface area contributed by atoms with E-state index in [1.54, 1.807) is 6.92 Å². The van der Waals surface area contributed by atoms with Crippen LogP contribution in [0.5, 0.6) is 0 Å². The molecule has 0 fully saturated rings. The summed E-state index contributed by atoms with van der Waals surface area (Å²) in [6, 6.07) is 4.23. The molecule has 0 heterocycles. The number of benzene rings is 1. The standard InChI is InChI=1S/C11H11ClF2O/c1-2-10(15)9-5-7(6-12)3-4-8(9)11(13)14/h3-5,11H,2,6H2,1H3. The number of halogens is 3. The van der Waals surface area contributed by atoms with Gasteiger partial charge in [0.15, 0.2) is 5.78 Å². The maximum atomic E-state index is 12.6. The number of carbonyl (C=O) groups is 1. The molecule has 1 rings (SSSR count). The van der Waals surface area contributed by atoms with Crippen LogP contribution in [-0.2, 0) is 5.88 Å². The molecule has 15 heavy (non-hydrogen) atoms. The highest BCUT2D eigenvalue weighted by atomic mass is 35.5. The van der Waals surface area contributed by atoms with Gasteiger partial charge >= 0.3 is 0 Å². The van der Waals surface area contributed by atoms with E-state index in [0.717, 1.165) is 0 Å². The van der Waals surface area contributed by atoms with Crippen molar-refractivity contribution in [3.8, 4) is 0 Å². The SMILES string of the molecule is CCC(=O)c1cc(CCl)ccc1C(F)F. The number of Topliss-reactive ketones (excluding diaryl/α,β-unsaturated/α-hetero) is 1. The van der Waals surface area contributed by atoms with Crippen LogP contribution < -0.4 is 0 Å². The van der Waals surface area contributed by atoms with Gasteiger partial charge in [0.25, 0.3) is 6.43 Å². The number of hydrogen-bond donors (Lipinski definition) is 0. The minimum absolute atomic E-state index is 0.0886. The van der Waals surface area contributed by atoms with E-state index in [2.05, 4.69) is 0 Å². The summed E-state index contributed by atoms with van der Waals surface area (Å²) < 4.78 is 25.1. The maximum absolute atomic E-state index is 12.6. The fourth-order valence-corrected chi connectivity index (χ4v) is 1.48. The van der Waals surface area contributed by atoms with Gasteiger partial charge in [-0.15, -0.1) is 11.6 Å². The van der Waals surface area contributed by atoms with Crippen molar-refractivity contribution in [1.82, 2.24) is 0 Å². The van der Waals surface area contributed by atoms with Gasteiger partial charge in [0.2, 0.25) is 0 Å². The molecule has 1 aromatic rings. The highest BCUT2D eigenvalue weighted by Crippen LogP contribution is 2.25.